The number of amides is 6. The number of rotatable bonds is 40. The fraction of sp³-hybridized carbons (Fsp3) is 0.682. The number of likely N-dealkylation sites (tertiary alicyclic amines) is 1. The molecule has 0 radical (unpaired) electrons. The molecule has 0 aliphatic carbocycles. The number of aliphatic hydroxyl groups excluding tert-OH is 3. The van der Waals surface area contributed by atoms with Crippen LogP contribution in [0.15, 0.2) is 58.1 Å². The van der Waals surface area contributed by atoms with Crippen LogP contribution >= 0.6 is 0 Å². The van der Waals surface area contributed by atoms with Crippen LogP contribution in [-0.2, 0) is 75.0 Å². The summed E-state index contributed by atoms with van der Waals surface area (Å²) < 4.78 is 52.0. The minimum Gasteiger partial charge on any atom is -0.479 e. The van der Waals surface area contributed by atoms with Crippen LogP contribution in [-0.4, -0.2) is 231 Å². The van der Waals surface area contributed by atoms with Crippen molar-refractivity contribution < 1.29 is 96.3 Å². The lowest BCUT2D eigenvalue weighted by Gasteiger charge is -2.41. The zero-order valence-corrected chi connectivity index (χ0v) is 56.9. The summed E-state index contributed by atoms with van der Waals surface area (Å²) in [7, 11) is 6.01. The lowest BCUT2D eigenvalue weighted by molar-refractivity contribution is -0.237. The molecule has 2 saturated heterocycles. The lowest BCUT2D eigenvalue weighted by Crippen LogP contribution is -2.60. The van der Waals surface area contributed by atoms with E-state index in [4.69, 9.17) is 47.8 Å². The minimum absolute atomic E-state index is 0.0273. The van der Waals surface area contributed by atoms with E-state index in [0.29, 0.717) is 62.5 Å². The van der Waals surface area contributed by atoms with Gasteiger partial charge in [-0.05, 0) is 66.8 Å². The van der Waals surface area contributed by atoms with E-state index in [1.54, 1.807) is 71.7 Å². The molecule has 2 aromatic carbocycles. The first-order valence-corrected chi connectivity index (χ1v) is 32.6. The maximum Gasteiger partial charge on any atom is 0.410 e. The molecular weight excluding hydrogens is 1240 g/mol. The van der Waals surface area contributed by atoms with Crippen molar-refractivity contribution in [2.24, 2.45) is 28.8 Å². The van der Waals surface area contributed by atoms with Crippen LogP contribution in [0.5, 0.6) is 5.75 Å². The quantitative estimate of drug-likeness (QED) is 0.0170. The number of aliphatic carboxylic acids is 1. The van der Waals surface area contributed by atoms with Crippen LogP contribution in [0.1, 0.15) is 117 Å². The van der Waals surface area contributed by atoms with Crippen LogP contribution in [0.25, 0.3) is 21.4 Å². The molecule has 5 rings (SSSR count). The number of ether oxygens (including phenoxy) is 8. The molecule has 2 aliphatic rings. The zero-order valence-electron chi connectivity index (χ0n) is 56.9. The van der Waals surface area contributed by atoms with E-state index in [2.05, 4.69) is 26.0 Å². The Labute approximate surface area is 555 Å². The average molecular weight is 1340 g/mol. The van der Waals surface area contributed by atoms with Gasteiger partial charge in [-0.1, -0.05) is 90.3 Å². The number of aryl methyl sites for hydroxylation is 1. The van der Waals surface area contributed by atoms with Crippen molar-refractivity contribution in [3.05, 3.63) is 75.9 Å². The predicted molar refractivity (Wildman–Crippen MR) is 346 cm³/mol. The number of carboxylic acids is 1. The Kier molecular flexibility index (Phi) is 32.3. The third-order valence-corrected chi connectivity index (χ3v) is 17.5. The number of hydrogen-bond acceptors (Lipinski definition) is 20. The average Bonchev–Trinajstić information content (AvgIpc) is 1.66. The summed E-state index contributed by atoms with van der Waals surface area (Å²) in [5, 5.41) is 54.3. The molecule has 6 amide bonds. The van der Waals surface area contributed by atoms with Crippen LogP contribution in [0.4, 0.5) is 4.79 Å². The Morgan fingerprint density at radius 1 is 0.853 bits per heavy atom. The topological polar surface area (TPSA) is 382 Å². The van der Waals surface area contributed by atoms with Gasteiger partial charge in [-0.2, -0.15) is 0 Å². The van der Waals surface area contributed by atoms with E-state index in [1.165, 1.54) is 38.3 Å². The van der Waals surface area contributed by atoms with Crippen LogP contribution in [0, 0.1) is 23.7 Å². The fourth-order valence-corrected chi connectivity index (χ4v) is 12.0. The molecule has 0 unspecified atom stereocenters. The van der Waals surface area contributed by atoms with Gasteiger partial charge in [0.2, 0.25) is 35.8 Å². The second-order valence-corrected chi connectivity index (χ2v) is 24.9. The molecule has 29 nitrogen and oxygen atoms in total. The lowest BCUT2D eigenvalue weighted by atomic mass is 9.89. The van der Waals surface area contributed by atoms with Gasteiger partial charge in [-0.3, -0.25) is 28.9 Å². The first kappa shape index (κ1) is 78.5. The summed E-state index contributed by atoms with van der Waals surface area (Å²) in [5.41, 5.74) is 9.43. The van der Waals surface area contributed by atoms with Gasteiger partial charge >= 0.3 is 12.1 Å². The van der Waals surface area contributed by atoms with Crippen LogP contribution < -0.4 is 20.7 Å². The van der Waals surface area contributed by atoms with Gasteiger partial charge in [0, 0.05) is 77.7 Å². The zero-order chi connectivity index (χ0) is 70.1. The number of aliphatic hydroxyl groups is 3. The molecule has 7 N–H and O–H groups in total. The SMILES string of the molecule is CC[C@H](C)[C@@H]([C@@H](CC(=O)N1CCC[C@H]1[C@H](OC)[C@@H](C)C(=O)N[C@H](C)[C@@H](O)c1ccccc1)OC)N(C)C(=O)[C@@H](NC(=O)[C@H](C(C)C)N(C)C(=O)OCc1ccc(O[C@@H]2O[C@H](C(=O)O)C[C@H](O)[C@H]2O)c2cc(CCC(=O)NCCOCCOCCOCCN=[N+]=[N-])oc12)C(C)C. The number of methoxy groups -OCH3 is 2. The Morgan fingerprint density at radius 3 is 2.15 bits per heavy atom. The van der Waals surface area contributed by atoms with E-state index < -0.39 is 121 Å². The van der Waals surface area contributed by atoms with E-state index in [-0.39, 0.29) is 99.0 Å². The minimum atomic E-state index is -1.64. The second kappa shape index (κ2) is 39.1. The number of carbonyl (C=O) groups excluding carboxylic acids is 6. The molecule has 2 fully saturated rings. The largest absolute Gasteiger partial charge is 0.479 e. The van der Waals surface area contributed by atoms with Gasteiger partial charge in [-0.25, -0.2) is 9.59 Å². The number of hydrogen-bond donors (Lipinski definition) is 7. The van der Waals surface area contributed by atoms with Gasteiger partial charge in [0.05, 0.1) is 99.9 Å². The number of nitrogens with zero attached hydrogens (tertiary/aromatic N) is 6. The molecule has 1 aromatic heterocycles. The van der Waals surface area contributed by atoms with Crippen molar-refractivity contribution in [2.75, 3.05) is 87.6 Å². The van der Waals surface area contributed by atoms with Crippen LogP contribution in [0.2, 0.25) is 0 Å². The summed E-state index contributed by atoms with van der Waals surface area (Å²) in [4.78, 5) is 104. The Morgan fingerprint density at radius 2 is 1.53 bits per heavy atom. The number of furan rings is 1. The third-order valence-electron chi connectivity index (χ3n) is 17.5. The smallest absolute Gasteiger partial charge is 0.410 e. The molecule has 0 bridgehead atoms. The van der Waals surface area contributed by atoms with Crippen molar-refractivity contribution in [2.45, 2.75) is 180 Å². The molecule has 95 heavy (non-hydrogen) atoms. The van der Waals surface area contributed by atoms with Crippen molar-refractivity contribution in [1.29, 1.82) is 0 Å². The van der Waals surface area contributed by atoms with E-state index in [1.807, 2.05) is 32.0 Å². The number of nitrogens with one attached hydrogen (secondary N) is 3. The predicted octanol–water partition coefficient (Wildman–Crippen LogP) is 5.03. The molecule has 3 aromatic rings. The monoisotopic (exact) mass is 1340 g/mol. The summed E-state index contributed by atoms with van der Waals surface area (Å²) in [5.74, 6) is -4.90. The normalized spacial score (nSPS) is 20.1. The molecule has 0 saturated carbocycles. The highest BCUT2D eigenvalue weighted by molar-refractivity contribution is 5.92. The first-order valence-electron chi connectivity index (χ1n) is 32.6. The Hall–Kier alpha value is -7.18. The van der Waals surface area contributed by atoms with Crippen molar-refractivity contribution in [3.8, 4) is 5.75 Å². The summed E-state index contributed by atoms with van der Waals surface area (Å²) in [6.45, 7) is 16.6. The van der Waals surface area contributed by atoms with Crippen molar-refractivity contribution >= 4 is 52.6 Å². The van der Waals surface area contributed by atoms with Gasteiger partial charge in [-0.15, -0.1) is 0 Å². The highest BCUT2D eigenvalue weighted by Crippen LogP contribution is 2.36. The highest BCUT2D eigenvalue weighted by atomic mass is 16.7. The highest BCUT2D eigenvalue weighted by Gasteiger charge is 2.45. The maximum atomic E-state index is 14.9. The van der Waals surface area contributed by atoms with E-state index in [0.717, 1.165) is 4.90 Å². The van der Waals surface area contributed by atoms with Crippen molar-refractivity contribution in [1.82, 2.24) is 30.7 Å². The standard InChI is InChI=1S/C66H101N9O20/c1-13-40(6)56(50(87-11)36-53(78)75-27-17-20-47(75)59(88-12)41(7)61(81)70-42(8)57(79)43-18-15-14-16-19-43)73(9)63(83)54(38(2)3)71-62(82)55(39(4)5)74(10)66(86)92-37-44-21-23-49(94-65-58(80)48(76)35-51(95-65)64(84)85)46-34-45(93-60(44)46)22-24-52(77)68-25-28-89-30-32-91-33-31-90-29-26-69-72-67/h14-16,18-19,21,23,34,38-42,47-48,50-51,54-59,65,76,79-80H,13,17,20,22,24-33,35-37H2,1-12H3,(H,68,77)(H,70,81)(H,71,82)(H,84,85)/t40-,41+,42+,47-,48-,50+,51-,54-,55-,56-,57+,58+,59+,65+/m0/s1. The number of likely N-dealkylation sites (N-methyl/N-ethyl adjacent to an activating group) is 2. The second-order valence-electron chi connectivity index (χ2n) is 24.9. The van der Waals surface area contributed by atoms with Gasteiger partial charge in [0.15, 0.2) is 6.10 Å². The van der Waals surface area contributed by atoms with Gasteiger partial charge < -0.3 is 88.5 Å². The molecule has 14 atom stereocenters. The molecule has 3 heterocycles. The Balaban J connectivity index is 1.25. The van der Waals surface area contributed by atoms with E-state index in [9.17, 15) is 54.0 Å². The Bertz CT molecular complexity index is 2990. The van der Waals surface area contributed by atoms with Gasteiger partial charge in [0.25, 0.3) is 0 Å². The van der Waals surface area contributed by atoms with Crippen molar-refractivity contribution in [3.63, 3.8) is 0 Å². The number of carbonyl (C=O) groups is 7. The van der Waals surface area contributed by atoms with E-state index >= 15 is 0 Å². The number of benzene rings is 2. The molecule has 0 spiro atoms. The summed E-state index contributed by atoms with van der Waals surface area (Å²) in [6, 6.07) is 9.57. The summed E-state index contributed by atoms with van der Waals surface area (Å²) in [6.07, 6.45) is -8.20. The van der Waals surface area contributed by atoms with Crippen LogP contribution in [0.3, 0.4) is 0 Å². The molecule has 530 valence electrons. The summed E-state index contributed by atoms with van der Waals surface area (Å²) >= 11 is 0. The molecular formula is C66H101N9O20. The number of azide groups is 1. The number of carboxylic acid groups (broad SMARTS) is 1. The molecule has 2 aliphatic heterocycles. The first-order chi connectivity index (χ1) is 45.3. The number of fused-ring (bicyclic) bond motifs is 1. The fourth-order valence-electron chi connectivity index (χ4n) is 12.0. The third kappa shape index (κ3) is 22.4. The maximum absolute atomic E-state index is 14.9. The van der Waals surface area contributed by atoms with Gasteiger partial charge in [0.1, 0.15) is 41.9 Å². The molecule has 29 heteroatoms.